The summed E-state index contributed by atoms with van der Waals surface area (Å²) in [5.41, 5.74) is 1.43. The van der Waals surface area contributed by atoms with Gasteiger partial charge in [0.2, 0.25) is 0 Å². The van der Waals surface area contributed by atoms with Gasteiger partial charge in [0.1, 0.15) is 0 Å². The number of nitrogens with one attached hydrogen (secondary N) is 1. The maximum Gasteiger partial charge on any atom is 0.317 e. The van der Waals surface area contributed by atoms with Gasteiger partial charge in [-0.15, -0.1) is 0 Å². The third-order valence-corrected chi connectivity index (χ3v) is 3.56. The molecule has 1 aliphatic carbocycles. The van der Waals surface area contributed by atoms with Crippen molar-refractivity contribution in [3.8, 4) is 0 Å². The third-order valence-electron chi connectivity index (χ3n) is 3.56. The van der Waals surface area contributed by atoms with E-state index >= 15 is 0 Å². The van der Waals surface area contributed by atoms with E-state index in [0.29, 0.717) is 6.54 Å². The third kappa shape index (κ3) is 6.08. The number of allylic oxidation sites excluding steroid dienone is 1. The van der Waals surface area contributed by atoms with E-state index < -0.39 is 5.97 Å². The van der Waals surface area contributed by atoms with Crippen LogP contribution in [0.5, 0.6) is 0 Å². The Morgan fingerprint density at radius 3 is 2.70 bits per heavy atom. The van der Waals surface area contributed by atoms with E-state index in [2.05, 4.69) is 11.4 Å². The van der Waals surface area contributed by atoms with Crippen molar-refractivity contribution in [2.45, 2.75) is 58.4 Å². The number of aliphatic carboxylic acids is 1. The van der Waals surface area contributed by atoms with Crippen LogP contribution in [0.2, 0.25) is 0 Å². The molecular formula is C15H26N2O3. The first kappa shape index (κ1) is 16.5. The molecule has 0 aromatic carbocycles. The molecule has 1 aliphatic rings. The molecule has 0 unspecified atom stereocenters. The van der Waals surface area contributed by atoms with Crippen LogP contribution >= 0.6 is 0 Å². The van der Waals surface area contributed by atoms with Crippen LogP contribution in [0.15, 0.2) is 11.6 Å². The fourth-order valence-electron chi connectivity index (χ4n) is 2.37. The van der Waals surface area contributed by atoms with Crippen molar-refractivity contribution in [1.82, 2.24) is 10.2 Å². The van der Waals surface area contributed by atoms with Gasteiger partial charge in [-0.3, -0.25) is 4.79 Å². The molecule has 0 aliphatic heterocycles. The van der Waals surface area contributed by atoms with Gasteiger partial charge in [-0.2, -0.15) is 0 Å². The number of carbonyl (C=O) groups excluding carboxylic acids is 1. The van der Waals surface area contributed by atoms with E-state index in [0.717, 1.165) is 19.3 Å². The molecule has 5 heteroatoms. The van der Waals surface area contributed by atoms with Crippen molar-refractivity contribution < 1.29 is 14.7 Å². The van der Waals surface area contributed by atoms with E-state index in [1.165, 1.54) is 18.4 Å². The average Bonchev–Trinajstić information content (AvgIpc) is 2.39. The highest BCUT2D eigenvalue weighted by atomic mass is 16.4. The van der Waals surface area contributed by atoms with Crippen LogP contribution in [-0.2, 0) is 4.79 Å². The van der Waals surface area contributed by atoms with Gasteiger partial charge in [-0.1, -0.05) is 11.6 Å². The highest BCUT2D eigenvalue weighted by molar-refractivity contribution is 5.75. The molecule has 0 saturated heterocycles. The molecule has 0 fully saturated rings. The number of rotatable bonds is 7. The van der Waals surface area contributed by atoms with Crippen LogP contribution in [0.1, 0.15) is 52.4 Å². The van der Waals surface area contributed by atoms with Crippen molar-refractivity contribution in [3.63, 3.8) is 0 Å². The molecule has 0 heterocycles. The summed E-state index contributed by atoms with van der Waals surface area (Å²) in [7, 11) is 0. The van der Waals surface area contributed by atoms with E-state index in [1.54, 1.807) is 4.90 Å². The molecule has 20 heavy (non-hydrogen) atoms. The lowest BCUT2D eigenvalue weighted by atomic mass is 9.97. The van der Waals surface area contributed by atoms with E-state index in [4.69, 9.17) is 5.11 Å². The molecule has 2 amide bonds. The molecule has 1 rings (SSSR count). The largest absolute Gasteiger partial charge is 0.481 e. The monoisotopic (exact) mass is 282 g/mol. The Morgan fingerprint density at radius 1 is 1.40 bits per heavy atom. The lowest BCUT2D eigenvalue weighted by Gasteiger charge is -2.26. The normalized spacial score (nSPS) is 14.8. The summed E-state index contributed by atoms with van der Waals surface area (Å²) in [6.07, 6.45) is 7.97. The van der Waals surface area contributed by atoms with Crippen LogP contribution in [-0.4, -0.2) is 41.1 Å². The van der Waals surface area contributed by atoms with Crippen LogP contribution in [0.4, 0.5) is 4.79 Å². The Hall–Kier alpha value is -1.52. The van der Waals surface area contributed by atoms with Crippen LogP contribution in [0.3, 0.4) is 0 Å². The molecule has 0 radical (unpaired) electrons. The predicted molar refractivity (Wildman–Crippen MR) is 78.7 cm³/mol. The molecular weight excluding hydrogens is 256 g/mol. The number of nitrogens with zero attached hydrogens (tertiary/aromatic N) is 1. The molecule has 0 aromatic heterocycles. The van der Waals surface area contributed by atoms with Gasteiger partial charge in [0, 0.05) is 19.1 Å². The number of carboxylic acid groups (broad SMARTS) is 1. The van der Waals surface area contributed by atoms with Gasteiger partial charge < -0.3 is 15.3 Å². The highest BCUT2D eigenvalue weighted by Crippen LogP contribution is 2.19. The summed E-state index contributed by atoms with van der Waals surface area (Å²) in [5.74, 6) is -0.879. The van der Waals surface area contributed by atoms with E-state index in [-0.39, 0.29) is 25.0 Å². The Kier molecular flexibility index (Phi) is 7.12. The molecule has 0 bridgehead atoms. The Bertz CT molecular complexity index is 364. The minimum absolute atomic E-state index is 0.00301. The zero-order valence-corrected chi connectivity index (χ0v) is 12.5. The fraction of sp³-hybridized carbons (Fsp3) is 0.733. The Morgan fingerprint density at radius 2 is 2.15 bits per heavy atom. The standard InChI is InChI=1S/C15H26N2O3/c1-12(2)17(11-9-14(18)19)15(20)16-10-8-13-6-4-3-5-7-13/h6,12H,3-5,7-11H2,1-2H3,(H,16,20)(H,18,19). The molecule has 0 atom stereocenters. The maximum atomic E-state index is 12.0. The molecule has 114 valence electrons. The smallest absolute Gasteiger partial charge is 0.317 e. The predicted octanol–water partition coefficient (Wildman–Crippen LogP) is 2.77. The summed E-state index contributed by atoms with van der Waals surface area (Å²) < 4.78 is 0. The summed E-state index contributed by atoms with van der Waals surface area (Å²) in [6.45, 7) is 4.67. The van der Waals surface area contributed by atoms with Crippen molar-refractivity contribution in [2.24, 2.45) is 0 Å². The number of amides is 2. The van der Waals surface area contributed by atoms with Crippen molar-refractivity contribution in [2.75, 3.05) is 13.1 Å². The zero-order valence-electron chi connectivity index (χ0n) is 12.5. The second-order valence-electron chi connectivity index (χ2n) is 5.52. The minimum Gasteiger partial charge on any atom is -0.481 e. The van der Waals surface area contributed by atoms with Crippen molar-refractivity contribution in [1.29, 1.82) is 0 Å². The number of urea groups is 1. The SMILES string of the molecule is CC(C)N(CCC(=O)O)C(=O)NCCC1=CCCCC1. The van der Waals surface area contributed by atoms with Gasteiger partial charge in [0.25, 0.3) is 0 Å². The lowest BCUT2D eigenvalue weighted by Crippen LogP contribution is -2.45. The molecule has 0 saturated carbocycles. The topological polar surface area (TPSA) is 69.6 Å². The first-order chi connectivity index (χ1) is 9.50. The van der Waals surface area contributed by atoms with E-state index in [1.807, 2.05) is 13.8 Å². The number of carbonyl (C=O) groups is 2. The Labute approximate surface area is 121 Å². The first-order valence-electron chi connectivity index (χ1n) is 7.45. The summed E-state index contributed by atoms with van der Waals surface area (Å²) in [6, 6.07) is -0.166. The second-order valence-corrected chi connectivity index (χ2v) is 5.52. The number of carboxylic acids is 1. The van der Waals surface area contributed by atoms with Crippen molar-refractivity contribution >= 4 is 12.0 Å². The summed E-state index contributed by atoms with van der Waals surface area (Å²) in [5, 5.41) is 11.6. The molecule has 2 N–H and O–H groups in total. The summed E-state index contributed by atoms with van der Waals surface area (Å²) in [4.78, 5) is 24.2. The summed E-state index contributed by atoms with van der Waals surface area (Å²) >= 11 is 0. The quantitative estimate of drug-likeness (QED) is 0.705. The minimum atomic E-state index is -0.879. The van der Waals surface area contributed by atoms with Gasteiger partial charge in [0.05, 0.1) is 6.42 Å². The zero-order chi connectivity index (χ0) is 15.0. The van der Waals surface area contributed by atoms with Crippen LogP contribution in [0, 0.1) is 0 Å². The maximum absolute atomic E-state index is 12.0. The van der Waals surface area contributed by atoms with Gasteiger partial charge in [0.15, 0.2) is 0 Å². The molecule has 5 nitrogen and oxygen atoms in total. The average molecular weight is 282 g/mol. The lowest BCUT2D eigenvalue weighted by molar-refractivity contribution is -0.137. The number of hydrogen-bond acceptors (Lipinski definition) is 2. The second kappa shape index (κ2) is 8.61. The van der Waals surface area contributed by atoms with Gasteiger partial charge in [-0.25, -0.2) is 4.79 Å². The fourth-order valence-corrected chi connectivity index (χ4v) is 2.37. The Balaban J connectivity index is 2.33. The van der Waals surface area contributed by atoms with Crippen LogP contribution < -0.4 is 5.32 Å². The van der Waals surface area contributed by atoms with Gasteiger partial charge in [-0.05, 0) is 46.0 Å². The molecule has 0 spiro atoms. The first-order valence-corrected chi connectivity index (χ1v) is 7.45. The van der Waals surface area contributed by atoms with E-state index in [9.17, 15) is 9.59 Å². The van der Waals surface area contributed by atoms with Crippen molar-refractivity contribution in [3.05, 3.63) is 11.6 Å². The molecule has 0 aromatic rings. The number of hydrogen-bond donors (Lipinski definition) is 2. The van der Waals surface area contributed by atoms with Gasteiger partial charge >= 0.3 is 12.0 Å². The van der Waals surface area contributed by atoms with Crippen LogP contribution in [0.25, 0.3) is 0 Å². The highest BCUT2D eigenvalue weighted by Gasteiger charge is 2.17.